The number of aryl methyl sites for hydroxylation is 1. The van der Waals surface area contributed by atoms with Crippen LogP contribution in [0.1, 0.15) is 69.9 Å². The van der Waals surface area contributed by atoms with Crippen molar-refractivity contribution in [2.75, 3.05) is 33.4 Å². The Kier molecular flexibility index (Phi) is 10.7. The molecule has 0 aromatic carbocycles. The van der Waals surface area contributed by atoms with E-state index >= 15 is 0 Å². The molecule has 29 heavy (non-hydrogen) atoms. The first-order chi connectivity index (χ1) is 13.8. The molecule has 1 aliphatic carbocycles. The van der Waals surface area contributed by atoms with Crippen LogP contribution in [0.15, 0.2) is 4.99 Å². The molecule has 0 saturated heterocycles. The summed E-state index contributed by atoms with van der Waals surface area (Å²) in [4.78, 5) is 4.42. The molecule has 0 amide bonds. The van der Waals surface area contributed by atoms with Crippen LogP contribution in [0.3, 0.4) is 0 Å². The van der Waals surface area contributed by atoms with Crippen molar-refractivity contribution in [1.29, 1.82) is 0 Å². The number of aliphatic imine (C=N–C) groups is 1. The van der Waals surface area contributed by atoms with E-state index < -0.39 is 0 Å². The highest BCUT2D eigenvalue weighted by atomic mass is 127. The maximum absolute atomic E-state index is 5.63. The number of rotatable bonds is 9. The number of guanidine groups is 1. The Hall–Kier alpha value is -0.900. The van der Waals surface area contributed by atoms with Crippen molar-refractivity contribution in [1.82, 2.24) is 25.4 Å². The molecule has 0 spiro atoms. The molecule has 1 saturated carbocycles. The maximum atomic E-state index is 5.63. The number of aromatic nitrogens is 3. The van der Waals surface area contributed by atoms with Gasteiger partial charge < -0.3 is 19.9 Å². The van der Waals surface area contributed by atoms with Gasteiger partial charge in [-0.25, -0.2) is 0 Å². The van der Waals surface area contributed by atoms with Crippen molar-refractivity contribution < 1.29 is 4.74 Å². The Bertz CT molecular complexity index is 627. The fourth-order valence-electron chi connectivity index (χ4n) is 4.59. The lowest BCUT2D eigenvalue weighted by Gasteiger charge is -2.30. The normalized spacial score (nSPS) is 18.6. The highest BCUT2D eigenvalue weighted by molar-refractivity contribution is 14.0. The predicted molar refractivity (Wildman–Crippen MR) is 128 cm³/mol. The fraction of sp³-hybridized carbons (Fsp3) is 0.857. The van der Waals surface area contributed by atoms with Crippen LogP contribution in [-0.4, -0.2) is 54.1 Å². The zero-order chi connectivity index (χ0) is 19.7. The molecule has 1 aliphatic heterocycles. The van der Waals surface area contributed by atoms with Gasteiger partial charge in [0, 0.05) is 52.7 Å². The molecule has 3 rings (SSSR count). The van der Waals surface area contributed by atoms with Gasteiger partial charge in [-0.05, 0) is 44.4 Å². The molecule has 0 bridgehead atoms. The number of halogens is 1. The van der Waals surface area contributed by atoms with Gasteiger partial charge in [0.1, 0.15) is 11.6 Å². The minimum atomic E-state index is 0. The molecule has 2 aliphatic rings. The summed E-state index contributed by atoms with van der Waals surface area (Å²) in [6.45, 7) is 6.59. The quantitative estimate of drug-likeness (QED) is 0.227. The van der Waals surface area contributed by atoms with Crippen LogP contribution in [0.4, 0.5) is 0 Å². The van der Waals surface area contributed by atoms with Gasteiger partial charge in [0.25, 0.3) is 0 Å². The third-order valence-corrected chi connectivity index (χ3v) is 6.33. The van der Waals surface area contributed by atoms with Crippen LogP contribution in [0.2, 0.25) is 0 Å². The van der Waals surface area contributed by atoms with Crippen molar-refractivity contribution >= 4 is 29.9 Å². The highest BCUT2D eigenvalue weighted by Crippen LogP contribution is 2.40. The smallest absolute Gasteiger partial charge is 0.191 e. The highest BCUT2D eigenvalue weighted by Gasteiger charge is 2.33. The van der Waals surface area contributed by atoms with Gasteiger partial charge in [-0.15, -0.1) is 34.2 Å². The number of ether oxygens (including phenoxy) is 1. The molecule has 0 atom stereocenters. The Morgan fingerprint density at radius 3 is 2.72 bits per heavy atom. The van der Waals surface area contributed by atoms with E-state index in [4.69, 9.17) is 4.74 Å². The Labute approximate surface area is 192 Å². The first kappa shape index (κ1) is 24.4. The maximum Gasteiger partial charge on any atom is 0.191 e. The number of nitrogens with zero attached hydrogens (tertiary/aromatic N) is 4. The third-order valence-electron chi connectivity index (χ3n) is 6.33. The van der Waals surface area contributed by atoms with Gasteiger partial charge in [0.05, 0.1) is 0 Å². The van der Waals surface area contributed by atoms with E-state index in [0.29, 0.717) is 5.41 Å². The SMILES string of the molecule is CCOCCC1(CNC(=NC)NCCc2nnc3n2CCCCC3)CCCC1.I. The standard InChI is InChI=1S/C21H38N6O.HI/c1-3-28-16-13-21(11-6-7-12-21)17-24-20(22-2)23-14-10-19-26-25-18-9-5-4-8-15-27(18)19;/h3-17H2,1-2H3,(H2,22,23,24);1H. The molecule has 166 valence electrons. The lowest BCUT2D eigenvalue weighted by molar-refractivity contribution is 0.105. The molecule has 2 N–H and O–H groups in total. The van der Waals surface area contributed by atoms with Crippen LogP contribution in [0.25, 0.3) is 0 Å². The van der Waals surface area contributed by atoms with Crippen molar-refractivity contribution in [3.63, 3.8) is 0 Å². The molecule has 1 aromatic rings. The van der Waals surface area contributed by atoms with Crippen LogP contribution >= 0.6 is 24.0 Å². The molecular formula is C21H39IN6O. The van der Waals surface area contributed by atoms with Gasteiger partial charge in [0.2, 0.25) is 0 Å². The topological polar surface area (TPSA) is 76.4 Å². The van der Waals surface area contributed by atoms with E-state index in [-0.39, 0.29) is 24.0 Å². The van der Waals surface area contributed by atoms with E-state index in [1.807, 2.05) is 7.05 Å². The zero-order valence-corrected chi connectivity index (χ0v) is 20.5. The Morgan fingerprint density at radius 2 is 1.97 bits per heavy atom. The van der Waals surface area contributed by atoms with Crippen molar-refractivity contribution in [3.05, 3.63) is 11.6 Å². The van der Waals surface area contributed by atoms with Crippen molar-refractivity contribution in [2.24, 2.45) is 10.4 Å². The Balaban J connectivity index is 0.00000300. The number of fused-ring (bicyclic) bond motifs is 1. The van der Waals surface area contributed by atoms with Gasteiger partial charge in [0.15, 0.2) is 5.96 Å². The van der Waals surface area contributed by atoms with E-state index in [1.165, 1.54) is 44.9 Å². The first-order valence-corrected chi connectivity index (χ1v) is 11.2. The summed E-state index contributed by atoms with van der Waals surface area (Å²) in [6, 6.07) is 0. The monoisotopic (exact) mass is 518 g/mol. The molecular weight excluding hydrogens is 479 g/mol. The van der Waals surface area contributed by atoms with Crippen LogP contribution in [0, 0.1) is 5.41 Å². The summed E-state index contributed by atoms with van der Waals surface area (Å²) in [6.07, 6.45) is 12.1. The summed E-state index contributed by atoms with van der Waals surface area (Å²) >= 11 is 0. The minimum Gasteiger partial charge on any atom is -0.382 e. The fourth-order valence-corrected chi connectivity index (χ4v) is 4.59. The first-order valence-electron chi connectivity index (χ1n) is 11.2. The molecule has 0 unspecified atom stereocenters. The zero-order valence-electron chi connectivity index (χ0n) is 18.2. The minimum absolute atomic E-state index is 0. The van der Waals surface area contributed by atoms with Gasteiger partial charge >= 0.3 is 0 Å². The van der Waals surface area contributed by atoms with Gasteiger partial charge in [-0.2, -0.15) is 0 Å². The van der Waals surface area contributed by atoms with Crippen LogP contribution in [-0.2, 0) is 24.1 Å². The average Bonchev–Trinajstić information content (AvgIpc) is 3.26. The second kappa shape index (κ2) is 12.7. The summed E-state index contributed by atoms with van der Waals surface area (Å²) < 4.78 is 7.95. The summed E-state index contributed by atoms with van der Waals surface area (Å²) in [7, 11) is 1.85. The molecule has 1 fully saturated rings. The number of nitrogens with one attached hydrogen (secondary N) is 2. The van der Waals surface area contributed by atoms with Gasteiger partial charge in [-0.1, -0.05) is 19.3 Å². The van der Waals surface area contributed by atoms with Gasteiger partial charge in [-0.3, -0.25) is 4.99 Å². The van der Waals surface area contributed by atoms with E-state index in [9.17, 15) is 0 Å². The van der Waals surface area contributed by atoms with E-state index in [2.05, 4.69) is 37.3 Å². The van der Waals surface area contributed by atoms with Crippen LogP contribution < -0.4 is 10.6 Å². The lowest BCUT2D eigenvalue weighted by Crippen LogP contribution is -2.44. The molecule has 0 radical (unpaired) electrons. The van der Waals surface area contributed by atoms with Crippen molar-refractivity contribution in [3.8, 4) is 0 Å². The number of hydrogen-bond acceptors (Lipinski definition) is 4. The molecule has 7 nitrogen and oxygen atoms in total. The van der Waals surface area contributed by atoms with Crippen molar-refractivity contribution in [2.45, 2.75) is 77.7 Å². The summed E-state index contributed by atoms with van der Waals surface area (Å²) in [5.74, 6) is 3.15. The number of hydrogen-bond donors (Lipinski definition) is 2. The van der Waals surface area contributed by atoms with E-state index in [1.54, 1.807) is 0 Å². The molecule has 1 aromatic heterocycles. The predicted octanol–water partition coefficient (Wildman–Crippen LogP) is 3.32. The largest absolute Gasteiger partial charge is 0.382 e. The summed E-state index contributed by atoms with van der Waals surface area (Å²) in [5.41, 5.74) is 0.358. The molecule has 2 heterocycles. The second-order valence-electron chi connectivity index (χ2n) is 8.25. The average molecular weight is 518 g/mol. The van der Waals surface area contributed by atoms with E-state index in [0.717, 1.165) is 69.7 Å². The van der Waals surface area contributed by atoms with Crippen LogP contribution in [0.5, 0.6) is 0 Å². The molecule has 8 heteroatoms. The Morgan fingerprint density at radius 1 is 1.14 bits per heavy atom. The third kappa shape index (κ3) is 7.08. The summed E-state index contributed by atoms with van der Waals surface area (Å²) in [5, 5.41) is 15.9. The second-order valence-corrected chi connectivity index (χ2v) is 8.25. The lowest BCUT2D eigenvalue weighted by atomic mass is 9.83.